The molecule has 4 heteroatoms. The molecule has 0 aliphatic rings. The Morgan fingerprint density at radius 3 is 2.50 bits per heavy atom. The van der Waals surface area contributed by atoms with Crippen LogP contribution in [0.3, 0.4) is 0 Å². The number of ether oxygens (including phenoxy) is 1. The summed E-state index contributed by atoms with van der Waals surface area (Å²) in [6, 6.07) is 0. The lowest BCUT2D eigenvalue weighted by molar-refractivity contribution is 0.0202. The van der Waals surface area contributed by atoms with Crippen molar-refractivity contribution in [2.75, 3.05) is 12.8 Å². The average molecular weight is 250 g/mol. The van der Waals surface area contributed by atoms with E-state index in [2.05, 4.69) is 15.9 Å². The average Bonchev–Trinajstić information content (AvgIpc) is 2.33. The molecule has 1 rings (SSSR count). The van der Waals surface area contributed by atoms with Crippen LogP contribution in [0.15, 0.2) is 9.17 Å². The second kappa shape index (κ2) is 3.36. The van der Waals surface area contributed by atoms with Crippen LogP contribution in [0.5, 0.6) is 0 Å². The molecule has 0 amide bonds. The monoisotopic (exact) mass is 249 g/mol. The van der Waals surface area contributed by atoms with E-state index in [1.807, 2.05) is 19.2 Å². The Kier molecular flexibility index (Phi) is 2.81. The minimum Gasteiger partial charge on any atom is -0.397 e. The third kappa shape index (κ3) is 1.65. The van der Waals surface area contributed by atoms with Gasteiger partial charge >= 0.3 is 0 Å². The lowest BCUT2D eigenvalue weighted by atomic mass is 10.0. The SMILES string of the molecule is COC(C)(C)c1csc(Br)c1N. The van der Waals surface area contributed by atoms with Gasteiger partial charge < -0.3 is 10.5 Å². The number of thiophene rings is 1. The molecule has 0 aliphatic carbocycles. The summed E-state index contributed by atoms with van der Waals surface area (Å²) in [6.07, 6.45) is 0. The van der Waals surface area contributed by atoms with Crippen LogP contribution in [0.25, 0.3) is 0 Å². The van der Waals surface area contributed by atoms with Crippen molar-refractivity contribution in [1.82, 2.24) is 0 Å². The number of halogens is 1. The quantitative estimate of drug-likeness (QED) is 0.875. The molecule has 68 valence electrons. The van der Waals surface area contributed by atoms with E-state index in [-0.39, 0.29) is 5.60 Å². The topological polar surface area (TPSA) is 35.2 Å². The summed E-state index contributed by atoms with van der Waals surface area (Å²) >= 11 is 4.96. The molecule has 1 aromatic rings. The highest BCUT2D eigenvalue weighted by Crippen LogP contribution is 2.38. The summed E-state index contributed by atoms with van der Waals surface area (Å²) in [7, 11) is 1.69. The molecule has 0 saturated carbocycles. The van der Waals surface area contributed by atoms with Gasteiger partial charge in [0.2, 0.25) is 0 Å². The molecule has 2 nitrogen and oxygen atoms in total. The summed E-state index contributed by atoms with van der Waals surface area (Å²) in [5.74, 6) is 0. The minimum atomic E-state index is -0.299. The van der Waals surface area contributed by atoms with E-state index < -0.39 is 0 Å². The molecule has 0 aliphatic heterocycles. The summed E-state index contributed by atoms with van der Waals surface area (Å²) in [4.78, 5) is 0. The Morgan fingerprint density at radius 2 is 2.17 bits per heavy atom. The van der Waals surface area contributed by atoms with Crippen molar-refractivity contribution in [3.05, 3.63) is 14.7 Å². The summed E-state index contributed by atoms with van der Waals surface area (Å²) in [6.45, 7) is 4.00. The summed E-state index contributed by atoms with van der Waals surface area (Å²) in [5, 5.41) is 2.02. The van der Waals surface area contributed by atoms with Gasteiger partial charge in [0, 0.05) is 18.1 Å². The maximum Gasteiger partial charge on any atom is 0.0931 e. The Balaban J connectivity index is 3.11. The third-order valence-electron chi connectivity index (χ3n) is 1.94. The number of nitrogen functional groups attached to an aromatic ring is 1. The highest BCUT2D eigenvalue weighted by Gasteiger charge is 2.24. The van der Waals surface area contributed by atoms with E-state index in [9.17, 15) is 0 Å². The fraction of sp³-hybridized carbons (Fsp3) is 0.500. The predicted molar refractivity (Wildman–Crippen MR) is 56.5 cm³/mol. The number of anilines is 1. The number of nitrogens with two attached hydrogens (primary N) is 1. The van der Waals surface area contributed by atoms with Gasteiger partial charge in [0.1, 0.15) is 0 Å². The summed E-state index contributed by atoms with van der Waals surface area (Å²) in [5.41, 5.74) is 7.38. The highest BCUT2D eigenvalue weighted by molar-refractivity contribution is 9.11. The van der Waals surface area contributed by atoms with Gasteiger partial charge in [-0.15, -0.1) is 11.3 Å². The van der Waals surface area contributed by atoms with E-state index in [1.54, 1.807) is 18.4 Å². The molecule has 0 atom stereocenters. The first kappa shape index (κ1) is 10.0. The van der Waals surface area contributed by atoms with Crippen molar-refractivity contribution in [2.45, 2.75) is 19.4 Å². The van der Waals surface area contributed by atoms with Crippen molar-refractivity contribution < 1.29 is 4.74 Å². The van der Waals surface area contributed by atoms with E-state index in [4.69, 9.17) is 10.5 Å². The van der Waals surface area contributed by atoms with Crippen molar-refractivity contribution in [3.8, 4) is 0 Å². The molecule has 2 N–H and O–H groups in total. The fourth-order valence-electron chi connectivity index (χ4n) is 0.920. The molecule has 1 heterocycles. The van der Waals surface area contributed by atoms with Gasteiger partial charge in [0.05, 0.1) is 15.1 Å². The molecule has 0 spiro atoms. The summed E-state index contributed by atoms with van der Waals surface area (Å²) < 4.78 is 6.30. The van der Waals surface area contributed by atoms with Crippen molar-refractivity contribution in [2.24, 2.45) is 0 Å². The molecule has 0 aromatic carbocycles. The van der Waals surface area contributed by atoms with Gasteiger partial charge in [-0.2, -0.15) is 0 Å². The van der Waals surface area contributed by atoms with Crippen LogP contribution >= 0.6 is 27.3 Å². The number of rotatable bonds is 2. The molecule has 0 radical (unpaired) electrons. The smallest absolute Gasteiger partial charge is 0.0931 e. The van der Waals surface area contributed by atoms with Gasteiger partial charge in [-0.05, 0) is 29.8 Å². The molecule has 0 bridgehead atoms. The van der Waals surface area contributed by atoms with Crippen LogP contribution in [-0.2, 0) is 10.3 Å². The Bertz CT molecular complexity index is 283. The number of hydrogen-bond acceptors (Lipinski definition) is 3. The first-order valence-corrected chi connectivity index (χ1v) is 5.24. The molecule has 0 saturated heterocycles. The predicted octanol–water partition coefficient (Wildman–Crippen LogP) is 2.97. The zero-order valence-electron chi connectivity index (χ0n) is 7.35. The third-order valence-corrected chi connectivity index (χ3v) is 3.71. The molecule has 0 unspecified atom stereocenters. The van der Waals surface area contributed by atoms with Gasteiger partial charge in [-0.25, -0.2) is 0 Å². The standard InChI is InChI=1S/C8H12BrNOS/c1-8(2,11-3)5-4-12-7(9)6(5)10/h4H,10H2,1-3H3. The zero-order chi connectivity index (χ0) is 9.35. The van der Waals surface area contributed by atoms with Crippen molar-refractivity contribution >= 4 is 33.0 Å². The largest absolute Gasteiger partial charge is 0.397 e. The van der Waals surface area contributed by atoms with Gasteiger partial charge in [0.25, 0.3) is 0 Å². The van der Waals surface area contributed by atoms with Gasteiger partial charge in [-0.3, -0.25) is 0 Å². The highest BCUT2D eigenvalue weighted by atomic mass is 79.9. The van der Waals surface area contributed by atoms with Gasteiger partial charge in [0.15, 0.2) is 0 Å². The Morgan fingerprint density at radius 1 is 1.58 bits per heavy atom. The lowest BCUT2D eigenvalue weighted by Gasteiger charge is -2.22. The van der Waals surface area contributed by atoms with E-state index in [0.717, 1.165) is 15.0 Å². The zero-order valence-corrected chi connectivity index (χ0v) is 9.75. The van der Waals surface area contributed by atoms with Crippen LogP contribution in [-0.4, -0.2) is 7.11 Å². The Labute approximate surface area is 84.9 Å². The van der Waals surface area contributed by atoms with Crippen LogP contribution in [0, 0.1) is 0 Å². The molecule has 12 heavy (non-hydrogen) atoms. The first-order chi connectivity index (χ1) is 5.49. The maximum absolute atomic E-state index is 5.85. The van der Waals surface area contributed by atoms with Crippen molar-refractivity contribution in [3.63, 3.8) is 0 Å². The first-order valence-electron chi connectivity index (χ1n) is 3.57. The van der Waals surface area contributed by atoms with Crippen LogP contribution in [0.4, 0.5) is 5.69 Å². The normalized spacial score (nSPS) is 12.0. The number of methoxy groups -OCH3 is 1. The van der Waals surface area contributed by atoms with Gasteiger partial charge in [-0.1, -0.05) is 0 Å². The second-order valence-electron chi connectivity index (χ2n) is 3.05. The van der Waals surface area contributed by atoms with Crippen LogP contribution in [0.1, 0.15) is 19.4 Å². The maximum atomic E-state index is 5.85. The molecule has 1 aromatic heterocycles. The van der Waals surface area contributed by atoms with E-state index in [0.29, 0.717) is 0 Å². The molecular formula is C8H12BrNOS. The number of hydrogen-bond donors (Lipinski definition) is 1. The fourth-order valence-corrected chi connectivity index (χ4v) is 2.28. The van der Waals surface area contributed by atoms with E-state index >= 15 is 0 Å². The van der Waals surface area contributed by atoms with Crippen LogP contribution < -0.4 is 5.73 Å². The molecular weight excluding hydrogens is 238 g/mol. The second-order valence-corrected chi connectivity index (χ2v) is 5.25. The minimum absolute atomic E-state index is 0.299. The van der Waals surface area contributed by atoms with Crippen LogP contribution in [0.2, 0.25) is 0 Å². The lowest BCUT2D eigenvalue weighted by Crippen LogP contribution is -2.19. The molecule has 0 fully saturated rings. The Hall–Kier alpha value is -0.0600. The van der Waals surface area contributed by atoms with Crippen molar-refractivity contribution in [1.29, 1.82) is 0 Å². The van der Waals surface area contributed by atoms with E-state index in [1.165, 1.54) is 0 Å².